The van der Waals surface area contributed by atoms with E-state index in [1.165, 1.54) is 11.3 Å². The predicted molar refractivity (Wildman–Crippen MR) is 85.0 cm³/mol. The molecule has 0 atom stereocenters. The number of fused-ring (bicyclic) bond motifs is 1. The minimum Gasteiger partial charge on any atom is -0.445 e. The average molecular weight is 319 g/mol. The van der Waals surface area contributed by atoms with Crippen LogP contribution in [0, 0.1) is 12.8 Å². The highest BCUT2D eigenvalue weighted by atomic mass is 32.1. The van der Waals surface area contributed by atoms with Crippen molar-refractivity contribution in [2.45, 2.75) is 46.6 Å². The van der Waals surface area contributed by atoms with Crippen molar-refractivity contribution in [3.05, 3.63) is 33.4 Å². The predicted octanol–water partition coefficient (Wildman–Crippen LogP) is 3.23. The molecule has 3 heterocycles. The molecule has 1 amide bonds. The lowest BCUT2D eigenvalue weighted by molar-refractivity contribution is 0.0722. The number of hydrogen-bond donors (Lipinski definition) is 0. The van der Waals surface area contributed by atoms with Gasteiger partial charge in [0.05, 0.1) is 11.6 Å². The number of carbonyl (C=O) groups is 1. The zero-order chi connectivity index (χ0) is 15.7. The minimum absolute atomic E-state index is 0.0123. The first-order valence-electron chi connectivity index (χ1n) is 7.71. The largest absolute Gasteiger partial charge is 0.445 e. The third-order valence-electron chi connectivity index (χ3n) is 3.83. The Bertz CT molecular complexity index is 675. The van der Waals surface area contributed by atoms with Gasteiger partial charge in [-0.3, -0.25) is 4.79 Å². The number of aromatic nitrogens is 2. The van der Waals surface area contributed by atoms with E-state index >= 15 is 0 Å². The van der Waals surface area contributed by atoms with Crippen LogP contribution in [-0.2, 0) is 19.4 Å². The molecule has 0 aromatic carbocycles. The second-order valence-corrected chi connectivity index (χ2v) is 7.20. The summed E-state index contributed by atoms with van der Waals surface area (Å²) in [6.07, 6.45) is 2.67. The minimum atomic E-state index is -0.0123. The summed E-state index contributed by atoms with van der Waals surface area (Å²) in [7, 11) is 0. The summed E-state index contributed by atoms with van der Waals surface area (Å²) in [6.45, 7) is 7.49. The van der Waals surface area contributed by atoms with Crippen LogP contribution in [0.3, 0.4) is 0 Å². The maximum Gasteiger partial charge on any atom is 0.273 e. The highest BCUT2D eigenvalue weighted by Crippen LogP contribution is 2.23. The highest BCUT2D eigenvalue weighted by molar-refractivity contribution is 7.09. The van der Waals surface area contributed by atoms with Crippen LogP contribution in [-0.4, -0.2) is 27.3 Å². The molecule has 0 saturated carbocycles. The number of nitrogens with zero attached hydrogens (tertiary/aromatic N) is 3. The van der Waals surface area contributed by atoms with E-state index in [0.29, 0.717) is 24.7 Å². The molecule has 0 radical (unpaired) electrons. The first kappa shape index (κ1) is 15.2. The van der Waals surface area contributed by atoms with Crippen LogP contribution >= 0.6 is 11.3 Å². The molecule has 2 aromatic rings. The number of thiazole rings is 1. The van der Waals surface area contributed by atoms with Crippen LogP contribution < -0.4 is 0 Å². The standard InChI is InChI=1S/C16H21N3O2S/c1-10(2)4-5-15-18-12-8-19(7-6-14(12)21-15)16(20)13-9-22-11(3)17-13/h9-10H,4-8H2,1-3H3. The third kappa shape index (κ3) is 3.21. The quantitative estimate of drug-likeness (QED) is 0.868. The maximum absolute atomic E-state index is 12.5. The number of oxazole rings is 1. The lowest BCUT2D eigenvalue weighted by Crippen LogP contribution is -2.36. The summed E-state index contributed by atoms with van der Waals surface area (Å²) in [4.78, 5) is 23.1. The molecule has 0 bridgehead atoms. The summed E-state index contributed by atoms with van der Waals surface area (Å²) in [5, 5.41) is 2.74. The summed E-state index contributed by atoms with van der Waals surface area (Å²) in [5.41, 5.74) is 1.44. The van der Waals surface area contributed by atoms with Crippen LogP contribution in [0.25, 0.3) is 0 Å². The molecule has 0 fully saturated rings. The number of carbonyl (C=O) groups excluding carboxylic acids is 1. The molecular weight excluding hydrogens is 298 g/mol. The van der Waals surface area contributed by atoms with Gasteiger partial charge in [0.2, 0.25) is 0 Å². The molecule has 3 rings (SSSR count). The van der Waals surface area contributed by atoms with E-state index in [9.17, 15) is 4.79 Å². The smallest absolute Gasteiger partial charge is 0.273 e. The van der Waals surface area contributed by atoms with Crippen molar-refractivity contribution in [1.29, 1.82) is 0 Å². The number of amides is 1. The Morgan fingerprint density at radius 2 is 2.27 bits per heavy atom. The van der Waals surface area contributed by atoms with E-state index < -0.39 is 0 Å². The molecule has 118 valence electrons. The van der Waals surface area contributed by atoms with Crippen molar-refractivity contribution < 1.29 is 9.21 Å². The van der Waals surface area contributed by atoms with E-state index in [4.69, 9.17) is 4.42 Å². The topological polar surface area (TPSA) is 59.2 Å². The Hall–Kier alpha value is -1.69. The summed E-state index contributed by atoms with van der Waals surface area (Å²) >= 11 is 1.50. The van der Waals surface area contributed by atoms with Gasteiger partial charge in [-0.1, -0.05) is 13.8 Å². The molecule has 22 heavy (non-hydrogen) atoms. The molecule has 0 N–H and O–H groups in total. The molecule has 2 aromatic heterocycles. The normalized spacial score (nSPS) is 14.5. The van der Waals surface area contributed by atoms with E-state index in [1.807, 2.05) is 17.2 Å². The van der Waals surface area contributed by atoms with E-state index in [-0.39, 0.29) is 5.91 Å². The molecule has 5 nitrogen and oxygen atoms in total. The fourth-order valence-corrected chi connectivity index (χ4v) is 3.15. The number of aryl methyl sites for hydroxylation is 2. The highest BCUT2D eigenvalue weighted by Gasteiger charge is 2.27. The summed E-state index contributed by atoms with van der Waals surface area (Å²) in [5.74, 6) is 2.37. The molecule has 6 heteroatoms. The van der Waals surface area contributed by atoms with Gasteiger partial charge in [0.1, 0.15) is 17.1 Å². The Morgan fingerprint density at radius 3 is 2.95 bits per heavy atom. The van der Waals surface area contributed by atoms with Gasteiger partial charge in [-0.25, -0.2) is 9.97 Å². The Morgan fingerprint density at radius 1 is 1.45 bits per heavy atom. The molecule has 0 spiro atoms. The van der Waals surface area contributed by atoms with Crippen LogP contribution in [0.1, 0.15) is 53.1 Å². The maximum atomic E-state index is 12.5. The zero-order valence-electron chi connectivity index (χ0n) is 13.3. The SMILES string of the molecule is Cc1nc(C(=O)N2CCc3oc(CCC(C)C)nc3C2)cs1. The summed E-state index contributed by atoms with van der Waals surface area (Å²) < 4.78 is 5.83. The van der Waals surface area contributed by atoms with Gasteiger partial charge in [-0.2, -0.15) is 0 Å². The molecule has 0 aliphatic carbocycles. The fraction of sp³-hybridized carbons (Fsp3) is 0.562. The number of rotatable bonds is 4. The lowest BCUT2D eigenvalue weighted by Gasteiger charge is -2.24. The monoisotopic (exact) mass is 319 g/mol. The van der Waals surface area contributed by atoms with Crippen molar-refractivity contribution in [3.8, 4) is 0 Å². The fourth-order valence-electron chi connectivity index (χ4n) is 2.57. The van der Waals surface area contributed by atoms with Crippen LogP contribution in [0.2, 0.25) is 0 Å². The summed E-state index contributed by atoms with van der Waals surface area (Å²) in [6, 6.07) is 0. The van der Waals surface area contributed by atoms with Gasteiger partial charge < -0.3 is 9.32 Å². The molecule has 0 unspecified atom stereocenters. The third-order valence-corrected chi connectivity index (χ3v) is 4.61. The van der Waals surface area contributed by atoms with Crippen molar-refractivity contribution in [2.24, 2.45) is 5.92 Å². The Balaban J connectivity index is 1.69. The van der Waals surface area contributed by atoms with Gasteiger partial charge >= 0.3 is 0 Å². The van der Waals surface area contributed by atoms with Crippen LogP contribution in [0.4, 0.5) is 0 Å². The van der Waals surface area contributed by atoms with E-state index in [1.54, 1.807) is 0 Å². The van der Waals surface area contributed by atoms with Gasteiger partial charge in [0.25, 0.3) is 5.91 Å². The second-order valence-electron chi connectivity index (χ2n) is 6.14. The molecule has 1 aliphatic heterocycles. The Kier molecular flexibility index (Phi) is 4.29. The van der Waals surface area contributed by atoms with E-state index in [0.717, 1.165) is 41.6 Å². The van der Waals surface area contributed by atoms with Crippen LogP contribution in [0.5, 0.6) is 0 Å². The van der Waals surface area contributed by atoms with Crippen molar-refractivity contribution in [2.75, 3.05) is 6.54 Å². The second kappa shape index (κ2) is 6.20. The molecule has 0 saturated heterocycles. The number of hydrogen-bond acceptors (Lipinski definition) is 5. The first-order chi connectivity index (χ1) is 10.5. The van der Waals surface area contributed by atoms with Crippen molar-refractivity contribution in [3.63, 3.8) is 0 Å². The average Bonchev–Trinajstić information content (AvgIpc) is 3.09. The van der Waals surface area contributed by atoms with E-state index in [2.05, 4.69) is 23.8 Å². The lowest BCUT2D eigenvalue weighted by atomic mass is 10.1. The Labute approximate surface area is 134 Å². The molecular formula is C16H21N3O2S. The van der Waals surface area contributed by atoms with Gasteiger partial charge in [0.15, 0.2) is 5.89 Å². The van der Waals surface area contributed by atoms with Crippen molar-refractivity contribution in [1.82, 2.24) is 14.9 Å². The zero-order valence-corrected chi connectivity index (χ0v) is 14.1. The van der Waals surface area contributed by atoms with Crippen LogP contribution in [0.15, 0.2) is 9.80 Å². The van der Waals surface area contributed by atoms with Gasteiger partial charge in [0, 0.05) is 24.8 Å². The first-order valence-corrected chi connectivity index (χ1v) is 8.59. The van der Waals surface area contributed by atoms with Crippen molar-refractivity contribution >= 4 is 17.2 Å². The van der Waals surface area contributed by atoms with Gasteiger partial charge in [-0.15, -0.1) is 11.3 Å². The molecule has 1 aliphatic rings. The van der Waals surface area contributed by atoms with Gasteiger partial charge in [-0.05, 0) is 19.3 Å².